The quantitative estimate of drug-likeness (QED) is 0.865. The molecule has 2 heterocycles. The van der Waals surface area contributed by atoms with Crippen molar-refractivity contribution in [1.29, 1.82) is 0 Å². The third kappa shape index (κ3) is 3.73. The van der Waals surface area contributed by atoms with Gasteiger partial charge in [0.15, 0.2) is 5.69 Å². The van der Waals surface area contributed by atoms with E-state index < -0.39 is 0 Å². The van der Waals surface area contributed by atoms with E-state index in [0.717, 1.165) is 37.2 Å². The first-order valence-corrected chi connectivity index (χ1v) is 8.18. The van der Waals surface area contributed by atoms with Crippen LogP contribution >= 0.6 is 0 Å². The van der Waals surface area contributed by atoms with E-state index in [-0.39, 0.29) is 12.5 Å². The molecule has 0 spiro atoms. The van der Waals surface area contributed by atoms with Crippen molar-refractivity contribution in [2.24, 2.45) is 0 Å². The Morgan fingerprint density at radius 3 is 2.57 bits per heavy atom. The molecule has 2 aromatic rings. The average Bonchev–Trinajstić information content (AvgIpc) is 2.78. The van der Waals surface area contributed by atoms with Gasteiger partial charge in [0.2, 0.25) is 0 Å². The summed E-state index contributed by atoms with van der Waals surface area (Å²) in [6.45, 7) is 3.69. The molecule has 1 aliphatic heterocycles. The van der Waals surface area contributed by atoms with E-state index in [9.17, 15) is 4.79 Å². The Labute approximate surface area is 136 Å². The monoisotopic (exact) mass is 314 g/mol. The molecule has 5 nitrogen and oxygen atoms in total. The summed E-state index contributed by atoms with van der Waals surface area (Å²) in [4.78, 5) is 14.6. The van der Waals surface area contributed by atoms with Gasteiger partial charge in [-0.2, -0.15) is 0 Å². The highest BCUT2D eigenvalue weighted by Gasteiger charge is 2.25. The fraction of sp³-hybridized carbons (Fsp3) is 0.444. The van der Waals surface area contributed by atoms with Crippen LogP contribution in [0.5, 0.6) is 5.75 Å². The zero-order chi connectivity index (χ0) is 16.1. The molecule has 0 bridgehead atoms. The zero-order valence-electron chi connectivity index (χ0n) is 13.5. The van der Waals surface area contributed by atoms with Crippen LogP contribution in [0.15, 0.2) is 34.9 Å². The van der Waals surface area contributed by atoms with Crippen LogP contribution in [0.4, 0.5) is 0 Å². The Morgan fingerprint density at radius 2 is 1.87 bits per heavy atom. The van der Waals surface area contributed by atoms with Gasteiger partial charge in [-0.1, -0.05) is 36.2 Å². The van der Waals surface area contributed by atoms with Crippen LogP contribution in [-0.2, 0) is 6.61 Å². The molecule has 3 rings (SSSR count). The number of likely N-dealkylation sites (tertiary alicyclic amines) is 1. The van der Waals surface area contributed by atoms with Crippen LogP contribution in [0.1, 0.15) is 47.5 Å². The molecule has 0 saturated carbocycles. The minimum Gasteiger partial charge on any atom is -0.489 e. The summed E-state index contributed by atoms with van der Waals surface area (Å²) in [5.41, 5.74) is 1.13. The molecule has 122 valence electrons. The number of carbonyl (C=O) groups excluding carboxylic acids is 1. The minimum absolute atomic E-state index is 0.0459. The molecule has 1 amide bonds. The van der Waals surface area contributed by atoms with Crippen molar-refractivity contribution in [3.8, 4) is 5.75 Å². The van der Waals surface area contributed by atoms with Gasteiger partial charge in [-0.25, -0.2) is 0 Å². The van der Waals surface area contributed by atoms with Gasteiger partial charge in [-0.05, 0) is 31.9 Å². The minimum atomic E-state index is -0.0459. The average molecular weight is 314 g/mol. The first-order chi connectivity index (χ1) is 11.3. The standard InChI is InChI=1S/C18H22N2O3/c1-14-16(13-22-15-9-5-4-6-10-15)17(19-23-14)18(21)20-11-7-2-3-8-12-20/h4-6,9-10H,2-3,7-8,11-13H2,1H3. The van der Waals surface area contributed by atoms with Gasteiger partial charge >= 0.3 is 0 Å². The number of hydrogen-bond acceptors (Lipinski definition) is 4. The number of aromatic nitrogens is 1. The molecule has 1 aromatic carbocycles. The highest BCUT2D eigenvalue weighted by atomic mass is 16.5. The molecule has 23 heavy (non-hydrogen) atoms. The number of rotatable bonds is 4. The molecule has 1 fully saturated rings. The van der Waals surface area contributed by atoms with Crippen molar-refractivity contribution in [1.82, 2.24) is 10.1 Å². The number of hydrogen-bond donors (Lipinski definition) is 0. The lowest BCUT2D eigenvalue weighted by Crippen LogP contribution is -2.32. The van der Waals surface area contributed by atoms with Gasteiger partial charge in [0.05, 0.1) is 5.56 Å². The lowest BCUT2D eigenvalue weighted by Gasteiger charge is -2.19. The van der Waals surface area contributed by atoms with E-state index in [0.29, 0.717) is 11.5 Å². The van der Waals surface area contributed by atoms with E-state index in [2.05, 4.69) is 5.16 Å². The smallest absolute Gasteiger partial charge is 0.276 e. The maximum Gasteiger partial charge on any atom is 0.276 e. The van der Waals surface area contributed by atoms with Crippen molar-refractivity contribution in [3.63, 3.8) is 0 Å². The maximum absolute atomic E-state index is 12.7. The van der Waals surface area contributed by atoms with Crippen molar-refractivity contribution < 1.29 is 14.1 Å². The SMILES string of the molecule is Cc1onc(C(=O)N2CCCCCC2)c1COc1ccccc1. The van der Waals surface area contributed by atoms with Crippen LogP contribution in [0, 0.1) is 6.92 Å². The van der Waals surface area contributed by atoms with Crippen LogP contribution in [0.3, 0.4) is 0 Å². The number of ether oxygens (including phenoxy) is 1. The topological polar surface area (TPSA) is 55.6 Å². The van der Waals surface area contributed by atoms with E-state index in [1.54, 1.807) is 0 Å². The number of carbonyl (C=O) groups is 1. The van der Waals surface area contributed by atoms with Gasteiger partial charge in [0, 0.05) is 13.1 Å². The second kappa shape index (κ2) is 7.31. The van der Waals surface area contributed by atoms with Gasteiger partial charge in [-0.15, -0.1) is 0 Å². The molecule has 0 N–H and O–H groups in total. The number of aryl methyl sites for hydroxylation is 1. The Morgan fingerprint density at radius 1 is 1.17 bits per heavy atom. The van der Waals surface area contributed by atoms with Crippen LogP contribution < -0.4 is 4.74 Å². The molecule has 0 atom stereocenters. The predicted molar refractivity (Wildman–Crippen MR) is 86.4 cm³/mol. The lowest BCUT2D eigenvalue weighted by atomic mass is 10.2. The molecule has 5 heteroatoms. The molecular weight excluding hydrogens is 292 g/mol. The van der Waals surface area contributed by atoms with Gasteiger partial charge in [0.25, 0.3) is 5.91 Å². The molecule has 0 aliphatic carbocycles. The summed E-state index contributed by atoms with van der Waals surface area (Å²) >= 11 is 0. The van der Waals surface area contributed by atoms with Gasteiger partial charge < -0.3 is 14.2 Å². The highest BCUT2D eigenvalue weighted by Crippen LogP contribution is 2.20. The maximum atomic E-state index is 12.7. The summed E-state index contributed by atoms with van der Waals surface area (Å²) in [5.74, 6) is 1.36. The Hall–Kier alpha value is -2.30. The second-order valence-electron chi connectivity index (χ2n) is 5.87. The Bertz CT molecular complexity index is 644. The van der Waals surface area contributed by atoms with Crippen molar-refractivity contribution in [3.05, 3.63) is 47.3 Å². The summed E-state index contributed by atoms with van der Waals surface area (Å²) < 4.78 is 11.0. The summed E-state index contributed by atoms with van der Waals surface area (Å²) in [6, 6.07) is 9.54. The van der Waals surface area contributed by atoms with Crippen LogP contribution in [0.25, 0.3) is 0 Å². The van der Waals surface area contributed by atoms with Crippen LogP contribution in [-0.4, -0.2) is 29.1 Å². The largest absolute Gasteiger partial charge is 0.489 e. The van der Waals surface area contributed by atoms with E-state index >= 15 is 0 Å². The fourth-order valence-electron chi connectivity index (χ4n) is 2.82. The number of nitrogens with zero attached hydrogens (tertiary/aromatic N) is 2. The third-order valence-corrected chi connectivity index (χ3v) is 4.21. The third-order valence-electron chi connectivity index (χ3n) is 4.21. The lowest BCUT2D eigenvalue weighted by molar-refractivity contribution is 0.0749. The highest BCUT2D eigenvalue weighted by molar-refractivity contribution is 5.93. The Kier molecular flexibility index (Phi) is 4.95. The first-order valence-electron chi connectivity index (χ1n) is 8.18. The predicted octanol–water partition coefficient (Wildman–Crippen LogP) is 3.58. The molecule has 1 aliphatic rings. The molecule has 0 unspecified atom stereocenters. The Balaban J connectivity index is 1.73. The number of benzene rings is 1. The molecule has 1 aromatic heterocycles. The normalized spacial score (nSPS) is 15.3. The van der Waals surface area contributed by atoms with Gasteiger partial charge in [0.1, 0.15) is 18.1 Å². The summed E-state index contributed by atoms with van der Waals surface area (Å²) in [5, 5.41) is 3.99. The summed E-state index contributed by atoms with van der Waals surface area (Å²) in [7, 11) is 0. The van der Waals surface area contributed by atoms with Crippen molar-refractivity contribution >= 4 is 5.91 Å². The molecule has 1 saturated heterocycles. The summed E-state index contributed by atoms with van der Waals surface area (Å²) in [6.07, 6.45) is 4.48. The second-order valence-corrected chi connectivity index (χ2v) is 5.87. The first kappa shape index (κ1) is 15.6. The van der Waals surface area contributed by atoms with Crippen LogP contribution in [0.2, 0.25) is 0 Å². The van der Waals surface area contributed by atoms with E-state index in [1.807, 2.05) is 42.2 Å². The fourth-order valence-corrected chi connectivity index (χ4v) is 2.82. The number of amides is 1. The molecule has 0 radical (unpaired) electrons. The van der Waals surface area contributed by atoms with Crippen molar-refractivity contribution in [2.45, 2.75) is 39.2 Å². The van der Waals surface area contributed by atoms with E-state index in [4.69, 9.17) is 9.26 Å². The molecular formula is C18H22N2O3. The van der Waals surface area contributed by atoms with E-state index in [1.165, 1.54) is 12.8 Å². The number of para-hydroxylation sites is 1. The van der Waals surface area contributed by atoms with Gasteiger partial charge in [-0.3, -0.25) is 4.79 Å². The zero-order valence-corrected chi connectivity index (χ0v) is 13.5. The van der Waals surface area contributed by atoms with Crippen molar-refractivity contribution in [2.75, 3.05) is 13.1 Å².